The van der Waals surface area contributed by atoms with Gasteiger partial charge in [0.2, 0.25) is 0 Å². The molecule has 0 unspecified atom stereocenters. The Morgan fingerprint density at radius 1 is 1.27 bits per heavy atom. The molecule has 4 rings (SSSR count). The number of rotatable bonds is 4. The molecule has 0 aliphatic heterocycles. The lowest BCUT2D eigenvalue weighted by atomic mass is 10.1. The second-order valence-electron chi connectivity index (χ2n) is 6.62. The summed E-state index contributed by atoms with van der Waals surface area (Å²) in [6, 6.07) is 8.14. The van der Waals surface area contributed by atoms with E-state index in [1.807, 2.05) is 39.1 Å². The summed E-state index contributed by atoms with van der Waals surface area (Å²) in [7, 11) is 0. The minimum Gasteiger partial charge on any atom is -0.361 e. The van der Waals surface area contributed by atoms with Crippen LogP contribution in [0.15, 0.2) is 46.8 Å². The van der Waals surface area contributed by atoms with E-state index in [2.05, 4.69) is 27.7 Å². The lowest BCUT2D eigenvalue weighted by Gasteiger charge is -2.05. The molecule has 0 atom stereocenters. The van der Waals surface area contributed by atoms with Crippen LogP contribution in [0.1, 0.15) is 35.1 Å². The number of benzene rings is 1. The highest BCUT2D eigenvalue weighted by Gasteiger charge is 2.23. The lowest BCUT2D eigenvalue weighted by molar-refractivity contribution is -0.112. The van der Waals surface area contributed by atoms with Crippen molar-refractivity contribution < 1.29 is 9.32 Å². The average molecular weight is 348 g/mol. The summed E-state index contributed by atoms with van der Waals surface area (Å²) in [5, 5.41) is 11.2. The Balaban J connectivity index is 1.48. The van der Waals surface area contributed by atoms with Gasteiger partial charge in [0, 0.05) is 23.8 Å². The van der Waals surface area contributed by atoms with Gasteiger partial charge in [-0.1, -0.05) is 29.4 Å². The summed E-state index contributed by atoms with van der Waals surface area (Å²) >= 11 is 0. The van der Waals surface area contributed by atoms with Crippen LogP contribution in [0.4, 0.5) is 5.69 Å². The van der Waals surface area contributed by atoms with Crippen molar-refractivity contribution in [2.24, 2.45) is 0 Å². The smallest absolute Gasteiger partial charge is 0.252 e. The van der Waals surface area contributed by atoms with E-state index in [-0.39, 0.29) is 5.91 Å². The molecule has 0 spiro atoms. The zero-order valence-electron chi connectivity index (χ0n) is 15.0. The number of anilines is 1. The molecule has 132 valence electrons. The van der Waals surface area contributed by atoms with Crippen LogP contribution < -0.4 is 5.32 Å². The van der Waals surface area contributed by atoms with Crippen molar-refractivity contribution in [3.63, 3.8) is 0 Å². The van der Waals surface area contributed by atoms with Gasteiger partial charge in [-0.15, -0.1) is 0 Å². The van der Waals surface area contributed by atoms with E-state index in [9.17, 15) is 4.79 Å². The number of aryl methyl sites for hydroxylation is 2. The molecule has 1 aliphatic rings. The molecule has 6 heteroatoms. The van der Waals surface area contributed by atoms with Crippen LogP contribution >= 0.6 is 0 Å². The van der Waals surface area contributed by atoms with Crippen LogP contribution in [-0.2, 0) is 17.8 Å². The Morgan fingerprint density at radius 2 is 2.08 bits per heavy atom. The number of fused-ring (bicyclic) bond motifs is 1. The summed E-state index contributed by atoms with van der Waals surface area (Å²) < 4.78 is 6.95. The third-order valence-electron chi connectivity index (χ3n) is 4.91. The van der Waals surface area contributed by atoms with Gasteiger partial charge in [-0.05, 0) is 37.5 Å². The molecule has 0 fully saturated rings. The van der Waals surface area contributed by atoms with Gasteiger partial charge in [0.25, 0.3) is 5.91 Å². The first kappa shape index (κ1) is 16.3. The molecule has 0 radical (unpaired) electrons. The van der Waals surface area contributed by atoms with Gasteiger partial charge in [0.05, 0.1) is 24.1 Å². The molecule has 2 heterocycles. The summed E-state index contributed by atoms with van der Waals surface area (Å²) in [6.45, 7) is 6.35. The van der Waals surface area contributed by atoms with Gasteiger partial charge in [-0.2, -0.15) is 5.10 Å². The van der Waals surface area contributed by atoms with Crippen molar-refractivity contribution in [1.29, 1.82) is 0 Å². The van der Waals surface area contributed by atoms with Gasteiger partial charge >= 0.3 is 0 Å². The van der Waals surface area contributed by atoms with Crippen molar-refractivity contribution in [2.45, 2.75) is 33.7 Å². The zero-order chi connectivity index (χ0) is 18.3. The van der Waals surface area contributed by atoms with Crippen LogP contribution in [0.3, 0.4) is 0 Å². The van der Waals surface area contributed by atoms with Gasteiger partial charge in [-0.25, -0.2) is 0 Å². The topological polar surface area (TPSA) is 73.0 Å². The number of carbonyl (C=O) groups excluding carboxylic acids is 1. The highest BCUT2D eigenvalue weighted by Crippen LogP contribution is 2.32. The van der Waals surface area contributed by atoms with Crippen LogP contribution in [0, 0.1) is 13.8 Å². The number of allylic oxidation sites excluding steroid dienone is 1. The molecule has 6 nitrogen and oxygen atoms in total. The third-order valence-corrected chi connectivity index (χ3v) is 4.91. The predicted octanol–water partition coefficient (Wildman–Crippen LogP) is 3.50. The molecule has 1 aliphatic carbocycles. The molecule has 1 aromatic carbocycles. The van der Waals surface area contributed by atoms with E-state index in [1.54, 1.807) is 10.9 Å². The Kier molecular flexibility index (Phi) is 3.95. The maximum absolute atomic E-state index is 12.7. The Hall–Kier alpha value is -3.15. The summed E-state index contributed by atoms with van der Waals surface area (Å²) in [6.07, 6.45) is 4.15. The molecule has 0 bridgehead atoms. The summed E-state index contributed by atoms with van der Waals surface area (Å²) in [4.78, 5) is 12.7. The summed E-state index contributed by atoms with van der Waals surface area (Å²) in [5.41, 5.74) is 6.75. The van der Waals surface area contributed by atoms with Crippen LogP contribution in [0.5, 0.6) is 0 Å². The van der Waals surface area contributed by atoms with Gasteiger partial charge in [-0.3, -0.25) is 9.48 Å². The van der Waals surface area contributed by atoms with Crippen LogP contribution in [0.25, 0.3) is 5.57 Å². The molecule has 0 saturated carbocycles. The number of carbonyl (C=O) groups is 1. The number of hydrogen-bond donors (Lipinski definition) is 1. The van der Waals surface area contributed by atoms with Gasteiger partial charge < -0.3 is 9.84 Å². The van der Waals surface area contributed by atoms with Crippen molar-refractivity contribution in [1.82, 2.24) is 14.9 Å². The van der Waals surface area contributed by atoms with Gasteiger partial charge in [0.15, 0.2) is 0 Å². The Labute approximate surface area is 151 Å². The first-order valence-corrected chi connectivity index (χ1v) is 8.56. The number of nitrogens with one attached hydrogen (secondary N) is 1. The number of hydrogen-bond acceptors (Lipinski definition) is 4. The fourth-order valence-corrected chi connectivity index (χ4v) is 3.39. The van der Waals surface area contributed by atoms with E-state index in [0.29, 0.717) is 18.7 Å². The second-order valence-corrected chi connectivity index (χ2v) is 6.62. The van der Waals surface area contributed by atoms with Crippen molar-refractivity contribution in [3.05, 3.63) is 70.4 Å². The van der Waals surface area contributed by atoms with Gasteiger partial charge in [0.1, 0.15) is 5.76 Å². The fourth-order valence-electron chi connectivity index (χ4n) is 3.39. The number of amides is 1. The van der Waals surface area contributed by atoms with Crippen molar-refractivity contribution in [3.8, 4) is 0 Å². The fraction of sp³-hybridized carbons (Fsp3) is 0.250. The molecular weight excluding hydrogens is 328 g/mol. The highest BCUT2D eigenvalue weighted by atomic mass is 16.5. The number of nitrogens with zero attached hydrogens (tertiary/aromatic N) is 3. The summed E-state index contributed by atoms with van der Waals surface area (Å²) in [5.74, 6) is 0.712. The zero-order valence-corrected chi connectivity index (χ0v) is 15.0. The monoisotopic (exact) mass is 348 g/mol. The third kappa shape index (κ3) is 2.83. The maximum Gasteiger partial charge on any atom is 0.252 e. The van der Waals surface area contributed by atoms with Crippen molar-refractivity contribution in [2.75, 3.05) is 5.32 Å². The van der Waals surface area contributed by atoms with Crippen LogP contribution in [0.2, 0.25) is 0 Å². The highest BCUT2D eigenvalue weighted by molar-refractivity contribution is 6.10. The minimum absolute atomic E-state index is 0.0735. The SMILES string of the molecule is CC1=C(C(=O)Nc2cnn(Cc3c(C)noc3C)c2)Cc2ccccc21. The molecule has 3 aromatic rings. The number of aromatic nitrogens is 3. The van der Waals surface area contributed by atoms with Crippen LogP contribution in [-0.4, -0.2) is 20.8 Å². The average Bonchev–Trinajstić information content (AvgIpc) is 3.30. The molecule has 0 saturated heterocycles. The normalized spacial score (nSPS) is 13.2. The van der Waals surface area contributed by atoms with E-state index in [1.165, 1.54) is 5.56 Å². The first-order chi connectivity index (χ1) is 12.5. The van der Waals surface area contributed by atoms with E-state index in [4.69, 9.17) is 4.52 Å². The molecule has 1 N–H and O–H groups in total. The largest absolute Gasteiger partial charge is 0.361 e. The standard InChI is InChI=1S/C20H20N4O2/c1-12-17-7-5-4-6-15(17)8-18(12)20(25)22-16-9-21-24(10-16)11-19-13(2)23-26-14(19)3/h4-7,9-10H,8,11H2,1-3H3,(H,22,25). The Bertz CT molecular complexity index is 1010. The second kappa shape index (κ2) is 6.29. The predicted molar refractivity (Wildman–Crippen MR) is 98.7 cm³/mol. The Morgan fingerprint density at radius 3 is 2.81 bits per heavy atom. The van der Waals surface area contributed by atoms with E-state index < -0.39 is 0 Å². The molecule has 1 amide bonds. The maximum atomic E-state index is 12.7. The molecule has 26 heavy (non-hydrogen) atoms. The van der Waals surface area contributed by atoms with E-state index >= 15 is 0 Å². The van der Waals surface area contributed by atoms with E-state index in [0.717, 1.165) is 33.7 Å². The first-order valence-electron chi connectivity index (χ1n) is 8.56. The molecular formula is C20H20N4O2. The van der Waals surface area contributed by atoms with Crippen molar-refractivity contribution >= 4 is 17.2 Å². The lowest BCUT2D eigenvalue weighted by Crippen LogP contribution is -2.14. The minimum atomic E-state index is -0.0735. The molecule has 2 aromatic heterocycles. The quantitative estimate of drug-likeness (QED) is 0.783.